The maximum absolute atomic E-state index is 10.5. The monoisotopic (exact) mass is 339 g/mol. The van der Waals surface area contributed by atoms with Gasteiger partial charge in [0.25, 0.3) is 0 Å². The number of nitrogens with zero attached hydrogens (tertiary/aromatic N) is 1. The molecule has 2 aromatic carbocycles. The molecule has 3 rings (SSSR count). The third-order valence-electron chi connectivity index (χ3n) is 6.14. The molecule has 0 bridgehead atoms. The van der Waals surface area contributed by atoms with Crippen LogP contribution in [-0.2, 0) is 5.41 Å². The number of phenols is 2. The Hall–Kier alpha value is -2.00. The van der Waals surface area contributed by atoms with Crippen molar-refractivity contribution in [2.24, 2.45) is 0 Å². The van der Waals surface area contributed by atoms with Crippen molar-refractivity contribution in [1.82, 2.24) is 4.90 Å². The summed E-state index contributed by atoms with van der Waals surface area (Å²) in [6.07, 6.45) is 1.96. The molecule has 0 spiro atoms. The molecule has 3 nitrogen and oxygen atoms in total. The van der Waals surface area contributed by atoms with Gasteiger partial charge in [0.1, 0.15) is 11.5 Å². The van der Waals surface area contributed by atoms with Gasteiger partial charge in [0.2, 0.25) is 0 Å². The summed E-state index contributed by atoms with van der Waals surface area (Å²) in [4.78, 5) is 2.35. The highest BCUT2D eigenvalue weighted by atomic mass is 16.3. The van der Waals surface area contributed by atoms with E-state index in [0.717, 1.165) is 48.2 Å². The average Bonchev–Trinajstić information content (AvgIpc) is 2.59. The highest BCUT2D eigenvalue weighted by molar-refractivity contribution is 5.56. The molecule has 0 amide bonds. The first-order chi connectivity index (χ1) is 11.8. The van der Waals surface area contributed by atoms with E-state index in [4.69, 9.17) is 0 Å². The van der Waals surface area contributed by atoms with E-state index in [2.05, 4.69) is 24.1 Å². The summed E-state index contributed by atoms with van der Waals surface area (Å²) < 4.78 is 0. The second-order valence-corrected chi connectivity index (χ2v) is 7.69. The third kappa shape index (κ3) is 2.81. The Labute approximate surface area is 150 Å². The third-order valence-corrected chi connectivity index (χ3v) is 6.14. The molecule has 0 unspecified atom stereocenters. The molecule has 1 aliphatic rings. The fraction of sp³-hybridized carbons (Fsp3) is 0.455. The van der Waals surface area contributed by atoms with E-state index in [1.165, 1.54) is 11.1 Å². The van der Waals surface area contributed by atoms with E-state index in [1.54, 1.807) is 0 Å². The smallest absolute Gasteiger partial charge is 0.121 e. The molecule has 0 radical (unpaired) electrons. The Morgan fingerprint density at radius 3 is 1.56 bits per heavy atom. The van der Waals surface area contributed by atoms with E-state index in [1.807, 2.05) is 39.8 Å². The zero-order valence-corrected chi connectivity index (χ0v) is 16.0. The summed E-state index contributed by atoms with van der Waals surface area (Å²) in [7, 11) is 2.16. The van der Waals surface area contributed by atoms with Gasteiger partial charge in [-0.25, -0.2) is 0 Å². The molecule has 25 heavy (non-hydrogen) atoms. The second-order valence-electron chi connectivity index (χ2n) is 7.69. The minimum absolute atomic E-state index is 0.170. The summed E-state index contributed by atoms with van der Waals surface area (Å²) >= 11 is 0. The number of aryl methyl sites for hydroxylation is 2. The second kappa shape index (κ2) is 6.38. The van der Waals surface area contributed by atoms with Crippen LogP contribution in [-0.4, -0.2) is 35.3 Å². The minimum Gasteiger partial charge on any atom is -0.507 e. The molecule has 1 fully saturated rings. The van der Waals surface area contributed by atoms with Crippen LogP contribution in [0.15, 0.2) is 24.3 Å². The Balaban J connectivity index is 2.26. The fourth-order valence-corrected chi connectivity index (χ4v) is 4.39. The van der Waals surface area contributed by atoms with Gasteiger partial charge >= 0.3 is 0 Å². The van der Waals surface area contributed by atoms with Crippen molar-refractivity contribution < 1.29 is 10.2 Å². The van der Waals surface area contributed by atoms with Crippen molar-refractivity contribution in [3.8, 4) is 11.5 Å². The van der Waals surface area contributed by atoms with Crippen LogP contribution >= 0.6 is 0 Å². The van der Waals surface area contributed by atoms with Crippen molar-refractivity contribution in [3.63, 3.8) is 0 Å². The molecule has 2 N–H and O–H groups in total. The van der Waals surface area contributed by atoms with E-state index in [-0.39, 0.29) is 5.41 Å². The lowest BCUT2D eigenvalue weighted by atomic mass is 9.65. The number of piperidine rings is 1. The van der Waals surface area contributed by atoms with Crippen LogP contribution in [0, 0.1) is 27.7 Å². The fourth-order valence-electron chi connectivity index (χ4n) is 4.39. The molecular weight excluding hydrogens is 310 g/mol. The summed E-state index contributed by atoms with van der Waals surface area (Å²) in [6, 6.07) is 8.38. The van der Waals surface area contributed by atoms with Gasteiger partial charge in [-0.15, -0.1) is 0 Å². The standard InChI is InChI=1S/C22H29NO2/c1-14-6-8-18(16(3)20(14)24)22(10-12-23(5)13-11-22)19-9-7-15(2)21(25)17(19)4/h6-9,24-25H,10-13H2,1-5H3. The predicted octanol–water partition coefficient (Wildman–Crippen LogP) is 4.34. The van der Waals surface area contributed by atoms with Crippen LogP contribution in [0.4, 0.5) is 0 Å². The molecule has 3 heteroatoms. The summed E-state index contributed by atoms with van der Waals surface area (Å²) in [5.74, 6) is 0.787. The maximum atomic E-state index is 10.5. The van der Waals surface area contributed by atoms with Crippen molar-refractivity contribution in [2.45, 2.75) is 46.0 Å². The molecule has 1 heterocycles. The number of rotatable bonds is 2. The average molecular weight is 339 g/mol. The number of hydrogen-bond donors (Lipinski definition) is 2. The highest BCUT2D eigenvalue weighted by Crippen LogP contribution is 2.47. The van der Waals surface area contributed by atoms with Crippen LogP contribution in [0.5, 0.6) is 11.5 Å². The van der Waals surface area contributed by atoms with E-state index >= 15 is 0 Å². The summed E-state index contributed by atoms with van der Waals surface area (Å²) in [6.45, 7) is 9.92. The first-order valence-corrected chi connectivity index (χ1v) is 9.06. The molecule has 0 aromatic heterocycles. The SMILES string of the molecule is Cc1ccc(C2(c3ccc(C)c(O)c3C)CCN(C)CC2)c(C)c1O. The van der Waals surface area contributed by atoms with E-state index < -0.39 is 0 Å². The molecular formula is C22H29NO2. The normalized spacial score (nSPS) is 17.6. The molecule has 1 saturated heterocycles. The minimum atomic E-state index is -0.170. The molecule has 0 aliphatic carbocycles. The highest BCUT2D eigenvalue weighted by Gasteiger charge is 2.40. The van der Waals surface area contributed by atoms with Crippen LogP contribution in [0.2, 0.25) is 0 Å². The van der Waals surface area contributed by atoms with Crippen molar-refractivity contribution in [1.29, 1.82) is 0 Å². The quantitative estimate of drug-likeness (QED) is 0.855. The number of phenolic OH excluding ortho intramolecular Hbond substituents is 2. The summed E-state index contributed by atoms with van der Waals surface area (Å²) in [5.41, 5.74) is 5.95. The van der Waals surface area contributed by atoms with Gasteiger partial charge in [-0.3, -0.25) is 0 Å². The number of benzene rings is 2. The first kappa shape index (κ1) is 17.8. The lowest BCUT2D eigenvalue weighted by Gasteiger charge is -2.43. The zero-order valence-electron chi connectivity index (χ0n) is 16.0. The van der Waals surface area contributed by atoms with E-state index in [0.29, 0.717) is 11.5 Å². The Morgan fingerprint density at radius 1 is 0.760 bits per heavy atom. The molecule has 0 saturated carbocycles. The van der Waals surface area contributed by atoms with Gasteiger partial charge in [0.05, 0.1) is 0 Å². The van der Waals surface area contributed by atoms with Crippen molar-refractivity contribution >= 4 is 0 Å². The predicted molar refractivity (Wildman–Crippen MR) is 103 cm³/mol. The molecule has 134 valence electrons. The van der Waals surface area contributed by atoms with Gasteiger partial charge in [0, 0.05) is 5.41 Å². The first-order valence-electron chi connectivity index (χ1n) is 9.06. The van der Waals surface area contributed by atoms with Crippen LogP contribution in [0.1, 0.15) is 46.2 Å². The van der Waals surface area contributed by atoms with Gasteiger partial charge < -0.3 is 15.1 Å². The van der Waals surface area contributed by atoms with Crippen molar-refractivity contribution in [2.75, 3.05) is 20.1 Å². The van der Waals surface area contributed by atoms with Gasteiger partial charge in [0.15, 0.2) is 0 Å². The number of aromatic hydroxyl groups is 2. The summed E-state index contributed by atoms with van der Waals surface area (Å²) in [5, 5.41) is 21.1. The van der Waals surface area contributed by atoms with Gasteiger partial charge in [-0.2, -0.15) is 0 Å². The topological polar surface area (TPSA) is 43.7 Å². The lowest BCUT2D eigenvalue weighted by Crippen LogP contribution is -2.42. The number of likely N-dealkylation sites (tertiary alicyclic amines) is 1. The van der Waals surface area contributed by atoms with E-state index in [9.17, 15) is 10.2 Å². The Kier molecular flexibility index (Phi) is 4.54. The largest absolute Gasteiger partial charge is 0.507 e. The van der Waals surface area contributed by atoms with Gasteiger partial charge in [-0.05, 0) is 94.1 Å². The molecule has 2 aromatic rings. The molecule has 0 atom stereocenters. The van der Waals surface area contributed by atoms with Crippen LogP contribution in [0.25, 0.3) is 0 Å². The Bertz CT molecular complexity index is 743. The van der Waals surface area contributed by atoms with Crippen LogP contribution in [0.3, 0.4) is 0 Å². The number of hydrogen-bond acceptors (Lipinski definition) is 3. The lowest BCUT2D eigenvalue weighted by molar-refractivity contribution is 0.211. The van der Waals surface area contributed by atoms with Crippen LogP contribution < -0.4 is 0 Å². The van der Waals surface area contributed by atoms with Crippen molar-refractivity contribution in [3.05, 3.63) is 57.6 Å². The molecule has 1 aliphatic heterocycles. The Morgan fingerprint density at radius 2 is 1.16 bits per heavy atom. The zero-order chi connectivity index (χ0) is 18.4. The van der Waals surface area contributed by atoms with Gasteiger partial charge in [-0.1, -0.05) is 24.3 Å². The maximum Gasteiger partial charge on any atom is 0.121 e.